The number of rotatable bonds is 9. The van der Waals surface area contributed by atoms with Crippen molar-refractivity contribution in [3.8, 4) is 11.4 Å². The van der Waals surface area contributed by atoms with Crippen molar-refractivity contribution in [1.29, 1.82) is 0 Å². The van der Waals surface area contributed by atoms with Gasteiger partial charge in [0.05, 0.1) is 29.1 Å². The van der Waals surface area contributed by atoms with Crippen LogP contribution in [0.25, 0.3) is 22.1 Å². The number of fused-ring (bicyclic) bond motifs is 1. The Labute approximate surface area is 276 Å². The van der Waals surface area contributed by atoms with Crippen LogP contribution in [0.2, 0.25) is 5.04 Å². The molecule has 240 valence electrons. The quantitative estimate of drug-likeness (QED) is 0.189. The van der Waals surface area contributed by atoms with Crippen LogP contribution in [0, 0.1) is 6.92 Å². The third-order valence-corrected chi connectivity index (χ3v) is 14.0. The van der Waals surface area contributed by atoms with Crippen molar-refractivity contribution in [3.05, 3.63) is 141 Å². The molecular formula is C38H41N5O3Si. The second kappa shape index (κ2) is 12.7. The molecule has 47 heavy (non-hydrogen) atoms. The molecule has 8 nitrogen and oxygen atoms in total. The molecule has 0 unspecified atom stereocenters. The monoisotopic (exact) mass is 643 g/mol. The van der Waals surface area contributed by atoms with E-state index in [1.165, 1.54) is 9.36 Å². The second-order valence-corrected chi connectivity index (χ2v) is 17.1. The van der Waals surface area contributed by atoms with Crippen molar-refractivity contribution in [3.63, 3.8) is 0 Å². The van der Waals surface area contributed by atoms with E-state index in [2.05, 4.69) is 69.3 Å². The van der Waals surface area contributed by atoms with E-state index in [0.29, 0.717) is 40.9 Å². The summed E-state index contributed by atoms with van der Waals surface area (Å²) < 4.78 is 11.7. The van der Waals surface area contributed by atoms with Crippen LogP contribution in [0.1, 0.15) is 51.7 Å². The lowest BCUT2D eigenvalue weighted by molar-refractivity contribution is 0.270. The van der Waals surface area contributed by atoms with E-state index in [-0.39, 0.29) is 22.9 Å². The molecule has 0 saturated heterocycles. The topological polar surface area (TPSA) is 83.9 Å². The molecule has 0 saturated carbocycles. The van der Waals surface area contributed by atoms with Gasteiger partial charge in [0.25, 0.3) is 13.9 Å². The number of benzene rings is 4. The average molecular weight is 644 g/mol. The van der Waals surface area contributed by atoms with Crippen molar-refractivity contribution >= 4 is 29.5 Å². The molecule has 0 aliphatic heterocycles. The fourth-order valence-corrected chi connectivity index (χ4v) is 11.2. The van der Waals surface area contributed by atoms with E-state index in [4.69, 9.17) is 14.6 Å². The first kappa shape index (κ1) is 32.1. The average Bonchev–Trinajstić information content (AvgIpc) is 3.40. The van der Waals surface area contributed by atoms with Crippen molar-refractivity contribution in [2.45, 2.75) is 66.2 Å². The lowest BCUT2D eigenvalue weighted by atomic mass is 10.1. The fraction of sp³-hybridized carbons (Fsp3) is 0.263. The molecule has 0 atom stereocenters. The van der Waals surface area contributed by atoms with E-state index in [1.54, 1.807) is 16.7 Å². The number of hydrogen-bond acceptors (Lipinski definition) is 5. The van der Waals surface area contributed by atoms with Gasteiger partial charge in [-0.1, -0.05) is 113 Å². The standard InChI is InChI=1S/C38H41N5O3Si/c1-7-31-35-30(36(44)42(39-31)32-24-16-15-18-27(32)3)23-17-25-33(35)43-37(45)41(8-2)34(40-43)26-46-47(38(4,5)6,28-19-11-9-12-20-28)29-21-13-10-14-22-29/h9-25H,7-8,26H2,1-6H3. The molecular weight excluding hydrogens is 603 g/mol. The van der Waals surface area contributed by atoms with Gasteiger partial charge in [-0.15, -0.1) is 5.10 Å². The number of nitrogens with zero attached hydrogens (tertiary/aromatic N) is 5. The van der Waals surface area contributed by atoms with Gasteiger partial charge in [0.15, 0.2) is 5.82 Å². The van der Waals surface area contributed by atoms with Crippen LogP contribution < -0.4 is 21.6 Å². The van der Waals surface area contributed by atoms with Gasteiger partial charge in [0.1, 0.15) is 0 Å². The van der Waals surface area contributed by atoms with Gasteiger partial charge in [-0.25, -0.2) is 4.79 Å². The van der Waals surface area contributed by atoms with Crippen LogP contribution in [0.5, 0.6) is 0 Å². The van der Waals surface area contributed by atoms with E-state index < -0.39 is 8.32 Å². The Morgan fingerprint density at radius 1 is 0.723 bits per heavy atom. The SMILES string of the molecule is CCc1nn(-c2ccccc2C)c(=O)c2cccc(-n3nc(CO[Si](c4ccccc4)(c4ccccc4)C(C)(C)C)n(CC)c3=O)c12. The van der Waals surface area contributed by atoms with Gasteiger partial charge < -0.3 is 4.43 Å². The van der Waals surface area contributed by atoms with E-state index in [0.717, 1.165) is 21.6 Å². The molecule has 6 aromatic rings. The zero-order chi connectivity index (χ0) is 33.3. The third kappa shape index (κ3) is 5.49. The summed E-state index contributed by atoms with van der Waals surface area (Å²) in [6, 6.07) is 34.0. The molecule has 4 aromatic carbocycles. The molecule has 0 aliphatic rings. The highest BCUT2D eigenvalue weighted by molar-refractivity contribution is 6.99. The van der Waals surface area contributed by atoms with Crippen molar-refractivity contribution in [2.24, 2.45) is 0 Å². The third-order valence-electron chi connectivity index (χ3n) is 8.97. The lowest BCUT2D eigenvalue weighted by Gasteiger charge is -2.42. The normalized spacial score (nSPS) is 12.1. The predicted octanol–water partition coefficient (Wildman–Crippen LogP) is 5.70. The van der Waals surface area contributed by atoms with Crippen LogP contribution in [-0.4, -0.2) is 32.4 Å². The highest BCUT2D eigenvalue weighted by Gasteiger charge is 2.50. The fourth-order valence-electron chi connectivity index (χ4n) is 6.69. The summed E-state index contributed by atoms with van der Waals surface area (Å²) in [7, 11) is -2.88. The largest absolute Gasteiger partial charge is 0.400 e. The Morgan fingerprint density at radius 3 is 1.89 bits per heavy atom. The van der Waals surface area contributed by atoms with E-state index in [9.17, 15) is 9.59 Å². The van der Waals surface area contributed by atoms with E-state index >= 15 is 0 Å². The number of para-hydroxylation sites is 1. The molecule has 0 fully saturated rings. The minimum absolute atomic E-state index is 0.146. The zero-order valence-electron chi connectivity index (χ0n) is 27.9. The maximum atomic E-state index is 14.1. The summed E-state index contributed by atoms with van der Waals surface area (Å²) >= 11 is 0. The molecule has 9 heteroatoms. The Hall–Kier alpha value is -4.86. The maximum absolute atomic E-state index is 14.1. The summed E-state index contributed by atoms with van der Waals surface area (Å²) in [5.41, 5.74) is 2.39. The minimum Gasteiger partial charge on any atom is -0.400 e. The highest BCUT2D eigenvalue weighted by Crippen LogP contribution is 2.37. The predicted molar refractivity (Wildman–Crippen MR) is 191 cm³/mol. The van der Waals surface area contributed by atoms with Gasteiger partial charge in [-0.2, -0.15) is 14.5 Å². The highest BCUT2D eigenvalue weighted by atomic mass is 28.4. The first-order chi connectivity index (χ1) is 22.6. The summed E-state index contributed by atoms with van der Waals surface area (Å²) in [6.45, 7) is 13.1. The summed E-state index contributed by atoms with van der Waals surface area (Å²) in [5, 5.41) is 12.9. The molecule has 0 amide bonds. The first-order valence-electron chi connectivity index (χ1n) is 16.2. The Kier molecular flexibility index (Phi) is 8.70. The van der Waals surface area contributed by atoms with Gasteiger partial charge >= 0.3 is 5.69 Å². The zero-order valence-corrected chi connectivity index (χ0v) is 28.9. The minimum atomic E-state index is -2.88. The second-order valence-electron chi connectivity index (χ2n) is 12.8. The number of aryl methyl sites for hydroxylation is 2. The van der Waals surface area contributed by atoms with Crippen LogP contribution >= 0.6 is 0 Å². The molecule has 2 heterocycles. The molecule has 0 spiro atoms. The number of aromatic nitrogens is 5. The summed E-state index contributed by atoms with van der Waals surface area (Å²) in [6.07, 6.45) is 0.562. The van der Waals surface area contributed by atoms with Gasteiger partial charge in [0.2, 0.25) is 0 Å². The molecule has 0 aliphatic carbocycles. The van der Waals surface area contributed by atoms with Gasteiger partial charge in [0, 0.05) is 11.9 Å². The summed E-state index contributed by atoms with van der Waals surface area (Å²) in [5.74, 6) is 0.529. The van der Waals surface area contributed by atoms with Gasteiger partial charge in [-0.05, 0) is 59.4 Å². The van der Waals surface area contributed by atoms with Crippen molar-refractivity contribution < 1.29 is 4.43 Å². The van der Waals surface area contributed by atoms with Crippen LogP contribution in [0.3, 0.4) is 0 Å². The molecule has 6 rings (SSSR count). The molecule has 2 aromatic heterocycles. The Morgan fingerprint density at radius 2 is 1.32 bits per heavy atom. The Bertz CT molecular complexity index is 2120. The van der Waals surface area contributed by atoms with Crippen molar-refractivity contribution in [2.75, 3.05) is 0 Å². The summed E-state index contributed by atoms with van der Waals surface area (Å²) in [4.78, 5) is 28.0. The molecule has 0 bridgehead atoms. The first-order valence-corrected chi connectivity index (χ1v) is 18.1. The maximum Gasteiger partial charge on any atom is 0.350 e. The van der Waals surface area contributed by atoms with Crippen LogP contribution in [0.15, 0.2) is 113 Å². The molecule has 0 N–H and O–H groups in total. The van der Waals surface area contributed by atoms with Crippen molar-refractivity contribution in [1.82, 2.24) is 24.1 Å². The van der Waals surface area contributed by atoms with Crippen LogP contribution in [-0.2, 0) is 24.0 Å². The Balaban J connectivity index is 1.50. The smallest absolute Gasteiger partial charge is 0.350 e. The van der Waals surface area contributed by atoms with Gasteiger partial charge in [-0.3, -0.25) is 9.36 Å². The van der Waals surface area contributed by atoms with E-state index in [1.807, 2.05) is 63.2 Å². The van der Waals surface area contributed by atoms with Crippen LogP contribution in [0.4, 0.5) is 0 Å². The molecule has 0 radical (unpaired) electrons. The number of hydrogen-bond donors (Lipinski definition) is 0. The lowest BCUT2D eigenvalue weighted by Crippen LogP contribution is -2.66.